The predicted octanol–water partition coefficient (Wildman–Crippen LogP) is -0.197. The van der Waals surface area contributed by atoms with Crippen LogP contribution in [0.15, 0.2) is 4.79 Å². The van der Waals surface area contributed by atoms with E-state index in [1.165, 1.54) is 6.92 Å². The van der Waals surface area contributed by atoms with Crippen LogP contribution in [-0.4, -0.2) is 27.6 Å². The van der Waals surface area contributed by atoms with Gasteiger partial charge in [-0.15, -0.1) is 0 Å². The van der Waals surface area contributed by atoms with Crippen molar-refractivity contribution in [1.29, 1.82) is 0 Å². The number of carbonyl (C=O) groups excluding carboxylic acids is 1. The zero-order chi connectivity index (χ0) is 11.0. The third-order valence-electron chi connectivity index (χ3n) is 1.29. The molecule has 14 heavy (non-hydrogen) atoms. The largest absolute Gasteiger partial charge is 0.356 e. The fourth-order valence-electron chi connectivity index (χ4n) is 0.781. The lowest BCUT2D eigenvalue weighted by atomic mass is 10.4. The first kappa shape index (κ1) is 12.4. The second kappa shape index (κ2) is 6.88. The molecule has 0 bridgehead atoms. The Bertz CT molecular complexity index is 315. The maximum atomic E-state index is 10.5. The van der Waals surface area contributed by atoms with Gasteiger partial charge in [-0.1, -0.05) is 13.8 Å². The van der Waals surface area contributed by atoms with Gasteiger partial charge in [-0.05, 0) is 0 Å². The molecule has 0 aliphatic rings. The van der Waals surface area contributed by atoms with Crippen LogP contribution in [0, 0.1) is 0 Å². The maximum absolute atomic E-state index is 10.5. The zero-order valence-electron chi connectivity index (χ0n) is 8.68. The lowest BCUT2D eigenvalue weighted by Crippen LogP contribution is -2.22. The molecule has 80 valence electrons. The molecule has 0 fully saturated rings. The normalized spacial score (nSPS) is 8.79. The lowest BCUT2D eigenvalue weighted by Gasteiger charge is -1.96. The van der Waals surface area contributed by atoms with Gasteiger partial charge in [-0.25, -0.2) is 9.89 Å². The molecule has 0 aliphatic carbocycles. The molecule has 0 spiro atoms. The Hall–Kier alpha value is -1.59. The third-order valence-corrected chi connectivity index (χ3v) is 1.29. The summed E-state index contributed by atoms with van der Waals surface area (Å²) in [6.45, 7) is 5.92. The van der Waals surface area contributed by atoms with E-state index < -0.39 is 0 Å². The molecule has 6 nitrogen and oxygen atoms in total. The van der Waals surface area contributed by atoms with Gasteiger partial charge in [0.1, 0.15) is 5.82 Å². The first-order valence-corrected chi connectivity index (χ1v) is 4.56. The highest BCUT2D eigenvalue weighted by molar-refractivity contribution is 5.72. The summed E-state index contributed by atoms with van der Waals surface area (Å²) in [5.41, 5.74) is -0.326. The second-order valence-electron chi connectivity index (χ2n) is 2.36. The van der Waals surface area contributed by atoms with Gasteiger partial charge in [0, 0.05) is 19.9 Å². The van der Waals surface area contributed by atoms with E-state index in [-0.39, 0.29) is 11.6 Å². The van der Waals surface area contributed by atoms with Gasteiger partial charge in [0.05, 0.1) is 0 Å². The van der Waals surface area contributed by atoms with Crippen molar-refractivity contribution in [2.75, 3.05) is 6.54 Å². The highest BCUT2D eigenvalue weighted by atomic mass is 16.1. The second-order valence-corrected chi connectivity index (χ2v) is 2.36. The van der Waals surface area contributed by atoms with Gasteiger partial charge >= 0.3 is 5.69 Å². The summed E-state index contributed by atoms with van der Waals surface area (Å²) in [4.78, 5) is 23.4. The van der Waals surface area contributed by atoms with Crippen LogP contribution in [0.5, 0.6) is 0 Å². The Morgan fingerprint density at radius 3 is 2.57 bits per heavy atom. The first-order valence-electron chi connectivity index (χ1n) is 4.56. The van der Waals surface area contributed by atoms with Crippen molar-refractivity contribution in [2.45, 2.75) is 27.2 Å². The summed E-state index contributed by atoms with van der Waals surface area (Å²) in [5, 5.41) is 8.49. The quantitative estimate of drug-likeness (QED) is 0.631. The van der Waals surface area contributed by atoms with Gasteiger partial charge in [0.25, 0.3) is 0 Å². The van der Waals surface area contributed by atoms with E-state index >= 15 is 0 Å². The van der Waals surface area contributed by atoms with Crippen molar-refractivity contribution in [1.82, 2.24) is 20.5 Å². The van der Waals surface area contributed by atoms with Crippen LogP contribution in [0.3, 0.4) is 0 Å². The topological polar surface area (TPSA) is 90.6 Å². The predicted molar refractivity (Wildman–Crippen MR) is 52.9 cm³/mol. The number of carbonyl (C=O) groups is 1. The summed E-state index contributed by atoms with van der Waals surface area (Å²) in [5.74, 6) is 0.460. The van der Waals surface area contributed by atoms with E-state index in [9.17, 15) is 9.59 Å². The molecular formula is C8H16N4O2. The van der Waals surface area contributed by atoms with Crippen LogP contribution in [-0.2, 0) is 11.2 Å². The highest BCUT2D eigenvalue weighted by Gasteiger charge is 1.97. The average Bonchev–Trinajstić information content (AvgIpc) is 2.54. The number of nitrogens with zero attached hydrogens (tertiary/aromatic N) is 1. The Labute approximate surface area is 82.1 Å². The zero-order valence-corrected chi connectivity index (χ0v) is 8.68. The number of rotatable bonds is 3. The van der Waals surface area contributed by atoms with Gasteiger partial charge in [0.2, 0.25) is 5.91 Å². The van der Waals surface area contributed by atoms with Crippen LogP contribution < -0.4 is 11.0 Å². The minimum Gasteiger partial charge on any atom is -0.356 e. The SMILES string of the molecule is CC.CC(=O)NCCc1n[nH]c(=O)[nH]1. The van der Waals surface area contributed by atoms with E-state index in [1.54, 1.807) is 0 Å². The van der Waals surface area contributed by atoms with Crippen LogP contribution in [0.25, 0.3) is 0 Å². The molecule has 1 aromatic heterocycles. The Morgan fingerprint density at radius 1 is 1.50 bits per heavy atom. The Morgan fingerprint density at radius 2 is 2.14 bits per heavy atom. The van der Waals surface area contributed by atoms with Crippen LogP contribution in [0.4, 0.5) is 0 Å². The summed E-state index contributed by atoms with van der Waals surface area (Å²) in [7, 11) is 0. The van der Waals surface area contributed by atoms with Crippen molar-refractivity contribution < 1.29 is 4.79 Å². The standard InChI is InChI=1S/C6H10N4O2.C2H6/c1-4(11)7-3-2-5-8-6(12)10-9-5;1-2/h2-3H2,1H3,(H,7,11)(H2,8,9,10,12);1-2H3. The Kier molecular flexibility index (Phi) is 6.09. The molecule has 0 saturated carbocycles. The monoisotopic (exact) mass is 200 g/mol. The molecule has 6 heteroatoms. The van der Waals surface area contributed by atoms with Crippen molar-refractivity contribution >= 4 is 5.91 Å². The molecular weight excluding hydrogens is 184 g/mol. The first-order chi connectivity index (χ1) is 6.68. The fraction of sp³-hybridized carbons (Fsp3) is 0.625. The minimum atomic E-state index is -0.326. The lowest BCUT2D eigenvalue weighted by molar-refractivity contribution is -0.118. The summed E-state index contributed by atoms with van der Waals surface area (Å²) in [6, 6.07) is 0. The molecule has 0 saturated heterocycles. The summed E-state index contributed by atoms with van der Waals surface area (Å²) in [6.07, 6.45) is 0.526. The van der Waals surface area contributed by atoms with Crippen molar-refractivity contribution in [3.63, 3.8) is 0 Å². The number of amides is 1. The van der Waals surface area contributed by atoms with Gasteiger partial charge in [0.15, 0.2) is 0 Å². The minimum absolute atomic E-state index is 0.0899. The molecule has 1 aromatic rings. The molecule has 0 aromatic carbocycles. The molecule has 0 unspecified atom stereocenters. The van der Waals surface area contributed by atoms with Gasteiger partial charge < -0.3 is 5.32 Å². The summed E-state index contributed by atoms with van der Waals surface area (Å²) < 4.78 is 0. The molecule has 3 N–H and O–H groups in total. The number of hydrogen-bond donors (Lipinski definition) is 3. The van der Waals surface area contributed by atoms with Gasteiger partial charge in [-0.2, -0.15) is 5.10 Å². The van der Waals surface area contributed by atoms with E-state index in [0.29, 0.717) is 18.8 Å². The molecule has 1 amide bonds. The molecule has 1 heterocycles. The van der Waals surface area contributed by atoms with Crippen molar-refractivity contribution in [2.24, 2.45) is 0 Å². The van der Waals surface area contributed by atoms with E-state index in [2.05, 4.69) is 20.5 Å². The van der Waals surface area contributed by atoms with Crippen LogP contribution in [0.2, 0.25) is 0 Å². The number of hydrogen-bond acceptors (Lipinski definition) is 3. The van der Waals surface area contributed by atoms with Crippen LogP contribution in [0.1, 0.15) is 26.6 Å². The number of H-pyrrole nitrogens is 2. The van der Waals surface area contributed by atoms with E-state index in [4.69, 9.17) is 0 Å². The Balaban J connectivity index is 0.000000791. The molecule has 0 radical (unpaired) electrons. The van der Waals surface area contributed by atoms with Gasteiger partial charge in [-0.3, -0.25) is 9.78 Å². The number of aromatic amines is 2. The van der Waals surface area contributed by atoms with E-state index in [0.717, 1.165) is 0 Å². The maximum Gasteiger partial charge on any atom is 0.340 e. The number of nitrogens with one attached hydrogen (secondary N) is 3. The summed E-state index contributed by atoms with van der Waals surface area (Å²) >= 11 is 0. The van der Waals surface area contributed by atoms with Crippen molar-refractivity contribution in [3.05, 3.63) is 16.3 Å². The average molecular weight is 200 g/mol. The molecule has 1 rings (SSSR count). The van der Waals surface area contributed by atoms with Crippen molar-refractivity contribution in [3.8, 4) is 0 Å². The molecule has 0 atom stereocenters. The fourth-order valence-corrected chi connectivity index (χ4v) is 0.781. The highest BCUT2D eigenvalue weighted by Crippen LogP contribution is 1.81. The smallest absolute Gasteiger partial charge is 0.340 e. The number of aromatic nitrogens is 3. The van der Waals surface area contributed by atoms with E-state index in [1.807, 2.05) is 13.8 Å². The molecule has 0 aliphatic heterocycles. The third kappa shape index (κ3) is 5.13. The van der Waals surface area contributed by atoms with Crippen LogP contribution >= 0.6 is 0 Å².